The van der Waals surface area contributed by atoms with Crippen molar-refractivity contribution >= 4 is 23.4 Å². The summed E-state index contributed by atoms with van der Waals surface area (Å²) >= 11 is 1.48. The van der Waals surface area contributed by atoms with Crippen LogP contribution in [0.1, 0.15) is 11.1 Å². The van der Waals surface area contributed by atoms with E-state index >= 15 is 0 Å². The van der Waals surface area contributed by atoms with E-state index in [0.29, 0.717) is 5.75 Å². The van der Waals surface area contributed by atoms with Crippen LogP contribution in [0.2, 0.25) is 0 Å². The number of anilines is 1. The Morgan fingerprint density at radius 2 is 2.07 bits per heavy atom. The summed E-state index contributed by atoms with van der Waals surface area (Å²) in [6.07, 6.45) is 1.88. The van der Waals surface area contributed by atoms with Crippen molar-refractivity contribution in [2.45, 2.75) is 13.8 Å². The molecular formula is C11H15NO2S. The number of nitrogens with one attached hydrogen (secondary N) is 1. The van der Waals surface area contributed by atoms with E-state index in [1.165, 1.54) is 11.8 Å². The third-order valence-electron chi connectivity index (χ3n) is 2.09. The first-order valence-corrected chi connectivity index (χ1v) is 6.03. The van der Waals surface area contributed by atoms with Gasteiger partial charge in [-0.05, 0) is 43.4 Å². The number of carbonyl (C=O) groups excluding carboxylic acids is 1. The van der Waals surface area contributed by atoms with Gasteiger partial charge in [0.05, 0.1) is 5.75 Å². The number of hydrogen-bond donors (Lipinski definition) is 2. The summed E-state index contributed by atoms with van der Waals surface area (Å²) < 4.78 is 0. The van der Waals surface area contributed by atoms with Gasteiger partial charge < -0.3 is 10.4 Å². The molecule has 0 bridgehead atoms. The van der Waals surface area contributed by atoms with E-state index in [9.17, 15) is 9.90 Å². The van der Waals surface area contributed by atoms with Gasteiger partial charge in [0.1, 0.15) is 5.75 Å². The zero-order valence-corrected chi connectivity index (χ0v) is 9.94. The van der Waals surface area contributed by atoms with Crippen LogP contribution in [0.3, 0.4) is 0 Å². The Morgan fingerprint density at radius 1 is 1.40 bits per heavy atom. The minimum absolute atomic E-state index is 0.0179. The van der Waals surface area contributed by atoms with Gasteiger partial charge in [-0.25, -0.2) is 0 Å². The molecule has 0 aromatic heterocycles. The molecule has 3 nitrogen and oxygen atoms in total. The molecule has 0 aliphatic rings. The van der Waals surface area contributed by atoms with Crippen molar-refractivity contribution in [1.29, 1.82) is 0 Å². The second kappa shape index (κ2) is 5.07. The van der Waals surface area contributed by atoms with Crippen LogP contribution in [0.15, 0.2) is 12.1 Å². The summed E-state index contributed by atoms with van der Waals surface area (Å²) in [5.74, 6) is 0.686. The first kappa shape index (κ1) is 11.9. The van der Waals surface area contributed by atoms with Crippen molar-refractivity contribution < 1.29 is 9.90 Å². The standard InChI is InChI=1S/C11H15NO2S/c1-7-5-10(13)8(2)4-9(7)12-11(14)6-15-3/h4-5,13H,6H2,1-3H3,(H,12,14). The molecule has 1 rings (SSSR count). The second-order valence-corrected chi connectivity index (χ2v) is 4.30. The topological polar surface area (TPSA) is 49.3 Å². The Kier molecular flexibility index (Phi) is 4.03. The van der Waals surface area contributed by atoms with E-state index in [2.05, 4.69) is 5.32 Å². The Morgan fingerprint density at radius 3 is 2.67 bits per heavy atom. The van der Waals surface area contributed by atoms with Gasteiger partial charge in [0, 0.05) is 5.69 Å². The van der Waals surface area contributed by atoms with Crippen molar-refractivity contribution in [3.63, 3.8) is 0 Å². The summed E-state index contributed by atoms with van der Waals surface area (Å²) in [5, 5.41) is 12.3. The average molecular weight is 225 g/mol. The number of carbonyl (C=O) groups is 1. The van der Waals surface area contributed by atoms with E-state index in [4.69, 9.17) is 0 Å². The average Bonchev–Trinajstić information content (AvgIpc) is 2.14. The maximum absolute atomic E-state index is 11.4. The van der Waals surface area contributed by atoms with Gasteiger partial charge in [0.15, 0.2) is 0 Å². The molecule has 0 radical (unpaired) electrons. The quantitative estimate of drug-likeness (QED) is 0.776. The molecule has 0 aliphatic heterocycles. The van der Waals surface area contributed by atoms with E-state index in [-0.39, 0.29) is 11.7 Å². The number of amides is 1. The molecule has 1 amide bonds. The molecule has 4 heteroatoms. The first-order chi connectivity index (χ1) is 7.04. The summed E-state index contributed by atoms with van der Waals surface area (Å²) in [4.78, 5) is 11.4. The number of thioether (sulfide) groups is 1. The largest absolute Gasteiger partial charge is 0.508 e. The molecule has 0 fully saturated rings. The van der Waals surface area contributed by atoms with Crippen molar-refractivity contribution in [1.82, 2.24) is 0 Å². The predicted octanol–water partition coefficient (Wildman–Crippen LogP) is 2.31. The summed E-state index contributed by atoms with van der Waals surface area (Å²) in [6.45, 7) is 3.66. The number of rotatable bonds is 3. The van der Waals surface area contributed by atoms with E-state index in [1.807, 2.05) is 13.2 Å². The maximum Gasteiger partial charge on any atom is 0.234 e. The lowest BCUT2D eigenvalue weighted by molar-refractivity contribution is -0.113. The predicted molar refractivity (Wildman–Crippen MR) is 64.6 cm³/mol. The van der Waals surface area contributed by atoms with Crippen LogP contribution in [0, 0.1) is 13.8 Å². The molecule has 0 atom stereocenters. The SMILES string of the molecule is CSCC(=O)Nc1cc(C)c(O)cc1C. The number of aryl methyl sites for hydroxylation is 2. The van der Waals surface area contributed by atoms with Crippen LogP contribution in [0.4, 0.5) is 5.69 Å². The highest BCUT2D eigenvalue weighted by Crippen LogP contribution is 2.24. The Balaban J connectivity index is 2.86. The highest BCUT2D eigenvalue weighted by Gasteiger charge is 2.06. The van der Waals surface area contributed by atoms with Crippen LogP contribution in [-0.4, -0.2) is 23.0 Å². The zero-order valence-electron chi connectivity index (χ0n) is 9.13. The van der Waals surface area contributed by atoms with Crippen LogP contribution in [0.25, 0.3) is 0 Å². The van der Waals surface area contributed by atoms with Gasteiger partial charge >= 0.3 is 0 Å². The fourth-order valence-electron chi connectivity index (χ4n) is 1.25. The molecule has 1 aromatic carbocycles. The molecular weight excluding hydrogens is 210 g/mol. The first-order valence-electron chi connectivity index (χ1n) is 4.63. The molecule has 0 saturated heterocycles. The molecule has 82 valence electrons. The lowest BCUT2D eigenvalue weighted by atomic mass is 10.1. The monoisotopic (exact) mass is 225 g/mol. The summed E-state index contributed by atoms with van der Waals surface area (Å²) in [6, 6.07) is 3.44. The fraction of sp³-hybridized carbons (Fsp3) is 0.364. The summed E-state index contributed by atoms with van der Waals surface area (Å²) in [5.41, 5.74) is 2.40. The Hall–Kier alpha value is -1.16. The van der Waals surface area contributed by atoms with Crippen molar-refractivity contribution in [2.75, 3.05) is 17.3 Å². The van der Waals surface area contributed by atoms with Gasteiger partial charge in [0.2, 0.25) is 5.91 Å². The Labute approximate surface area is 93.9 Å². The molecule has 0 saturated carbocycles. The highest BCUT2D eigenvalue weighted by atomic mass is 32.2. The third kappa shape index (κ3) is 3.16. The van der Waals surface area contributed by atoms with Crippen molar-refractivity contribution in [2.24, 2.45) is 0 Å². The minimum atomic E-state index is -0.0179. The fourth-order valence-corrected chi connectivity index (χ4v) is 1.59. The maximum atomic E-state index is 11.4. The number of hydrogen-bond acceptors (Lipinski definition) is 3. The highest BCUT2D eigenvalue weighted by molar-refractivity contribution is 7.99. The van der Waals surface area contributed by atoms with E-state index in [1.54, 1.807) is 19.1 Å². The van der Waals surface area contributed by atoms with Crippen molar-refractivity contribution in [3.05, 3.63) is 23.3 Å². The molecule has 0 heterocycles. The lowest BCUT2D eigenvalue weighted by Gasteiger charge is -2.10. The second-order valence-electron chi connectivity index (χ2n) is 3.43. The van der Waals surface area contributed by atoms with E-state index in [0.717, 1.165) is 16.8 Å². The number of benzene rings is 1. The van der Waals surface area contributed by atoms with Crippen LogP contribution < -0.4 is 5.32 Å². The minimum Gasteiger partial charge on any atom is -0.508 e. The van der Waals surface area contributed by atoms with Gasteiger partial charge in [-0.3, -0.25) is 4.79 Å². The van der Waals surface area contributed by atoms with E-state index < -0.39 is 0 Å². The van der Waals surface area contributed by atoms with Gasteiger partial charge in [-0.15, -0.1) is 0 Å². The molecule has 1 aromatic rings. The number of phenolic OH excluding ortho intramolecular Hbond substituents is 1. The smallest absolute Gasteiger partial charge is 0.234 e. The molecule has 0 spiro atoms. The number of phenols is 1. The summed E-state index contributed by atoms with van der Waals surface area (Å²) in [7, 11) is 0. The number of aromatic hydroxyl groups is 1. The lowest BCUT2D eigenvalue weighted by Crippen LogP contribution is -2.14. The van der Waals surface area contributed by atoms with Gasteiger partial charge in [-0.2, -0.15) is 11.8 Å². The van der Waals surface area contributed by atoms with Crippen molar-refractivity contribution in [3.8, 4) is 5.75 Å². The molecule has 15 heavy (non-hydrogen) atoms. The molecule has 2 N–H and O–H groups in total. The molecule has 0 aliphatic carbocycles. The molecule has 0 unspecified atom stereocenters. The Bertz CT molecular complexity index is 377. The zero-order chi connectivity index (χ0) is 11.4. The van der Waals surface area contributed by atoms with Crippen LogP contribution in [-0.2, 0) is 4.79 Å². The van der Waals surface area contributed by atoms with Gasteiger partial charge in [0.25, 0.3) is 0 Å². The normalized spacial score (nSPS) is 10.1. The van der Waals surface area contributed by atoms with Crippen LogP contribution >= 0.6 is 11.8 Å². The van der Waals surface area contributed by atoms with Crippen LogP contribution in [0.5, 0.6) is 5.75 Å². The van der Waals surface area contributed by atoms with Gasteiger partial charge in [-0.1, -0.05) is 0 Å². The third-order valence-corrected chi connectivity index (χ3v) is 2.64.